The molecule has 2 N–H and O–H groups in total. The number of aryl methyl sites for hydroxylation is 1. The van der Waals surface area contributed by atoms with Gasteiger partial charge in [0.2, 0.25) is 0 Å². The lowest BCUT2D eigenvalue weighted by atomic mass is 9.68. The molecule has 12 heteroatoms. The Morgan fingerprint density at radius 2 is 1.96 bits per heavy atom. The fourth-order valence-corrected chi connectivity index (χ4v) is 8.52. The van der Waals surface area contributed by atoms with E-state index in [1.165, 1.54) is 22.1 Å². The van der Waals surface area contributed by atoms with Crippen molar-refractivity contribution in [1.29, 1.82) is 0 Å². The molecule has 2 heterocycles. The lowest BCUT2D eigenvalue weighted by Gasteiger charge is -2.46. The van der Waals surface area contributed by atoms with Gasteiger partial charge in [-0.3, -0.25) is 4.79 Å². The highest BCUT2D eigenvalue weighted by molar-refractivity contribution is 7.90. The van der Waals surface area contributed by atoms with Crippen LogP contribution in [0.25, 0.3) is 0 Å². The number of nitrogens with zero attached hydrogens (tertiary/aromatic N) is 2. The third-order valence-electron chi connectivity index (χ3n) is 10.1. The third kappa shape index (κ3) is 6.33. The van der Waals surface area contributed by atoms with E-state index in [2.05, 4.69) is 21.0 Å². The summed E-state index contributed by atoms with van der Waals surface area (Å²) in [5.74, 6) is 0.162. The zero-order chi connectivity index (χ0) is 32.9. The molecule has 4 atom stereocenters. The lowest BCUT2D eigenvalue weighted by Crippen LogP contribution is -2.54. The maximum absolute atomic E-state index is 13.6. The normalized spacial score (nSPS) is 29.1. The molecule has 2 aromatic carbocycles. The first kappa shape index (κ1) is 32.7. The molecule has 2 aromatic rings. The Hall–Kier alpha value is -3.28. The second-order valence-corrected chi connectivity index (χ2v) is 16.0. The second-order valence-electron chi connectivity index (χ2n) is 13.8. The van der Waals surface area contributed by atoms with Crippen LogP contribution in [0.2, 0.25) is 5.02 Å². The molecule has 1 saturated carbocycles. The molecule has 0 unspecified atom stereocenters. The average molecular weight is 671 g/mol. The summed E-state index contributed by atoms with van der Waals surface area (Å²) in [6.45, 7) is 5.21. The van der Waals surface area contributed by atoms with Crippen molar-refractivity contribution in [3.8, 4) is 5.75 Å². The van der Waals surface area contributed by atoms with E-state index in [9.17, 15) is 18.0 Å². The molecular formula is C34H43ClN4O6S. The zero-order valence-corrected chi connectivity index (χ0v) is 28.4. The van der Waals surface area contributed by atoms with Gasteiger partial charge in [-0.1, -0.05) is 23.7 Å². The van der Waals surface area contributed by atoms with E-state index < -0.39 is 33.7 Å². The van der Waals surface area contributed by atoms with Gasteiger partial charge in [0.15, 0.2) is 0 Å². The maximum atomic E-state index is 13.6. The summed E-state index contributed by atoms with van der Waals surface area (Å²) in [6.07, 6.45) is 7.53. The third-order valence-corrected chi connectivity index (χ3v) is 11.6. The number of ether oxygens (including phenoxy) is 2. The van der Waals surface area contributed by atoms with Crippen molar-refractivity contribution in [2.24, 2.45) is 11.8 Å². The topological polar surface area (TPSA) is 117 Å². The van der Waals surface area contributed by atoms with Crippen molar-refractivity contribution in [2.75, 3.05) is 45.2 Å². The summed E-state index contributed by atoms with van der Waals surface area (Å²) in [5.41, 5.74) is 1.56. The summed E-state index contributed by atoms with van der Waals surface area (Å²) < 4.78 is 42.0. The van der Waals surface area contributed by atoms with Crippen LogP contribution in [0, 0.1) is 11.8 Å². The second kappa shape index (κ2) is 12.4. The lowest BCUT2D eigenvalue weighted by molar-refractivity contribution is -0.124. The molecule has 6 rings (SSSR count). The Morgan fingerprint density at radius 3 is 2.70 bits per heavy atom. The minimum Gasteiger partial charge on any atom is -0.490 e. The van der Waals surface area contributed by atoms with Gasteiger partial charge < -0.3 is 24.6 Å². The highest BCUT2D eigenvalue weighted by atomic mass is 35.5. The number of nitrogens with one attached hydrogen (secondary N) is 2. The number of fused-ring (bicyclic) bond motifs is 4. The predicted octanol–water partition coefficient (Wildman–Crippen LogP) is 4.65. The standard InChI is InChI=1S/C34H43ClN4O6S/c1-33(2)31(40)37-46(42,43)25-11-14-30-28(18-25)39(20-34(21-44-30)15-5-7-22-17-24(35)10-13-27(22)34)19-23-9-12-26(23)29(8-6-16-36-33)45-32(41)38(3)4/h6,8,10-11,13-14,17-18,23,26,29,36H,5,7,9,12,15-16,19-21H2,1-4H3,(H,37,40)/b8-6-/t23-,26+,29-,34-/m0/s1. The number of carbonyl (C=O) groups excluding carboxylic acids is 2. The monoisotopic (exact) mass is 670 g/mol. The molecule has 46 heavy (non-hydrogen) atoms. The fourth-order valence-electron chi connectivity index (χ4n) is 7.19. The number of hydrogen-bond donors (Lipinski definition) is 2. The van der Waals surface area contributed by atoms with Gasteiger partial charge in [0.1, 0.15) is 11.9 Å². The Bertz CT molecular complexity index is 1660. The van der Waals surface area contributed by atoms with Crippen LogP contribution >= 0.6 is 11.6 Å². The van der Waals surface area contributed by atoms with Crippen molar-refractivity contribution < 1.29 is 27.5 Å². The molecule has 10 nitrogen and oxygen atoms in total. The molecule has 0 radical (unpaired) electrons. The highest BCUT2D eigenvalue weighted by Crippen LogP contribution is 2.47. The zero-order valence-electron chi connectivity index (χ0n) is 26.8. The van der Waals surface area contributed by atoms with E-state index in [0.717, 1.165) is 32.1 Å². The summed E-state index contributed by atoms with van der Waals surface area (Å²) in [5, 5.41) is 3.82. The first-order valence-corrected chi connectivity index (χ1v) is 17.8. The Labute approximate surface area is 276 Å². The number of halogens is 1. The molecule has 4 aliphatic rings. The van der Waals surface area contributed by atoms with Crippen LogP contribution in [-0.2, 0) is 31.4 Å². The fraction of sp³-hybridized carbons (Fsp3) is 0.529. The summed E-state index contributed by atoms with van der Waals surface area (Å²) >= 11 is 6.41. The van der Waals surface area contributed by atoms with Crippen molar-refractivity contribution in [1.82, 2.24) is 14.9 Å². The van der Waals surface area contributed by atoms with Crippen molar-refractivity contribution in [3.05, 3.63) is 64.7 Å². The van der Waals surface area contributed by atoms with Gasteiger partial charge >= 0.3 is 6.09 Å². The van der Waals surface area contributed by atoms with Gasteiger partial charge in [0.25, 0.3) is 15.9 Å². The molecule has 2 bridgehead atoms. The van der Waals surface area contributed by atoms with Gasteiger partial charge in [-0.25, -0.2) is 17.9 Å². The number of rotatable bonds is 1. The summed E-state index contributed by atoms with van der Waals surface area (Å²) in [7, 11) is -0.860. The molecule has 2 amide bonds. The molecule has 0 saturated heterocycles. The van der Waals surface area contributed by atoms with Crippen molar-refractivity contribution in [2.45, 2.75) is 67.9 Å². The smallest absolute Gasteiger partial charge is 0.409 e. The van der Waals surface area contributed by atoms with Gasteiger partial charge in [-0.15, -0.1) is 0 Å². The maximum Gasteiger partial charge on any atom is 0.409 e. The van der Waals surface area contributed by atoms with Gasteiger partial charge in [0, 0.05) is 50.1 Å². The molecule has 1 fully saturated rings. The number of anilines is 1. The number of benzene rings is 2. The van der Waals surface area contributed by atoms with Crippen LogP contribution < -0.4 is 19.7 Å². The van der Waals surface area contributed by atoms with E-state index >= 15 is 0 Å². The first-order valence-electron chi connectivity index (χ1n) is 16.0. The first-order chi connectivity index (χ1) is 21.8. The van der Waals surface area contributed by atoms with Crippen LogP contribution in [0.4, 0.5) is 10.5 Å². The van der Waals surface area contributed by atoms with Crippen molar-refractivity contribution >= 4 is 39.3 Å². The Balaban J connectivity index is 1.44. The summed E-state index contributed by atoms with van der Waals surface area (Å²) in [4.78, 5) is 29.6. The molecule has 2 aliphatic heterocycles. The highest BCUT2D eigenvalue weighted by Gasteiger charge is 2.45. The van der Waals surface area contributed by atoms with Crippen LogP contribution in [0.15, 0.2) is 53.4 Å². The number of sulfonamides is 1. The van der Waals surface area contributed by atoms with E-state index in [1.54, 1.807) is 40.1 Å². The molecule has 248 valence electrons. The minimum absolute atomic E-state index is 0.00860. The van der Waals surface area contributed by atoms with Gasteiger partial charge in [0.05, 0.1) is 22.7 Å². The van der Waals surface area contributed by atoms with Gasteiger partial charge in [-0.05, 0) is 99.4 Å². The molecule has 0 aromatic heterocycles. The van der Waals surface area contributed by atoms with Crippen molar-refractivity contribution in [3.63, 3.8) is 0 Å². The van der Waals surface area contributed by atoms with E-state index in [1.807, 2.05) is 24.3 Å². The van der Waals surface area contributed by atoms with Crippen LogP contribution in [0.5, 0.6) is 5.75 Å². The predicted molar refractivity (Wildman–Crippen MR) is 177 cm³/mol. The SMILES string of the molecule is CN(C)C(=O)O[C@H]1/C=C\CNC(C)(C)C(=O)NS(=O)(=O)c2ccc3c(c2)N(C[C@@H]2CC[C@H]21)C[C@@]1(CCCc2cc(Cl)ccc21)CO3. The minimum atomic E-state index is -4.19. The quantitative estimate of drug-likeness (QED) is 0.422. The van der Waals surface area contributed by atoms with E-state index in [0.29, 0.717) is 36.2 Å². The van der Waals surface area contributed by atoms with Gasteiger partial charge in [-0.2, -0.15) is 0 Å². The van der Waals surface area contributed by atoms with Crippen LogP contribution in [-0.4, -0.2) is 77.3 Å². The number of amides is 2. The van der Waals surface area contributed by atoms with E-state index in [-0.39, 0.29) is 28.7 Å². The van der Waals surface area contributed by atoms with Crippen LogP contribution in [0.3, 0.4) is 0 Å². The van der Waals surface area contributed by atoms with E-state index in [4.69, 9.17) is 21.1 Å². The Morgan fingerprint density at radius 1 is 1.15 bits per heavy atom. The van der Waals surface area contributed by atoms with Crippen LogP contribution in [0.1, 0.15) is 50.7 Å². The summed E-state index contributed by atoms with van der Waals surface area (Å²) in [6, 6.07) is 10.9. The number of hydrogen-bond acceptors (Lipinski definition) is 8. The number of carbonyl (C=O) groups is 2. The molecule has 2 aliphatic carbocycles. The largest absolute Gasteiger partial charge is 0.490 e. The average Bonchev–Trinajstić information content (AvgIpc) is 3.13. The Kier molecular flexibility index (Phi) is 8.80. The molecule has 1 spiro atoms. The molecular weight excluding hydrogens is 628 g/mol.